The van der Waals surface area contributed by atoms with Crippen LogP contribution in [-0.4, -0.2) is 17.2 Å². The van der Waals surface area contributed by atoms with Crippen molar-refractivity contribution in [3.8, 4) is 17.2 Å². The molecule has 1 atom stereocenters. The monoisotopic (exact) mass is 292 g/mol. The van der Waals surface area contributed by atoms with Crippen molar-refractivity contribution >= 4 is 17.6 Å². The lowest BCUT2D eigenvalue weighted by Gasteiger charge is -2.14. The van der Waals surface area contributed by atoms with Gasteiger partial charge in [0.15, 0.2) is 17.6 Å². The number of carboxylic acid groups (broad SMARTS) is 1. The third-order valence-corrected chi connectivity index (χ3v) is 2.79. The molecule has 2 rings (SSSR count). The molecule has 0 saturated heterocycles. The molecule has 0 aliphatic carbocycles. The van der Waals surface area contributed by atoms with Crippen LogP contribution in [-0.2, 0) is 4.79 Å². The summed E-state index contributed by atoms with van der Waals surface area (Å²) in [5.41, 5.74) is 0. The van der Waals surface area contributed by atoms with Crippen molar-refractivity contribution in [2.45, 2.75) is 13.0 Å². The molecule has 0 aliphatic heterocycles. The van der Waals surface area contributed by atoms with Crippen LogP contribution >= 0.6 is 11.6 Å². The van der Waals surface area contributed by atoms with Gasteiger partial charge < -0.3 is 14.6 Å². The molecule has 5 heteroatoms. The molecule has 2 aromatic carbocycles. The SMILES string of the molecule is CC(Oc1ccccc1Oc1ccc(Cl)cc1)C(=O)O. The number of benzene rings is 2. The van der Waals surface area contributed by atoms with Crippen molar-refractivity contribution in [3.05, 3.63) is 53.6 Å². The zero-order chi connectivity index (χ0) is 14.5. The van der Waals surface area contributed by atoms with Gasteiger partial charge in [-0.05, 0) is 43.3 Å². The molecule has 1 N–H and O–H groups in total. The fourth-order valence-corrected chi connectivity index (χ4v) is 1.63. The highest BCUT2D eigenvalue weighted by Gasteiger charge is 2.15. The number of para-hydroxylation sites is 2. The maximum atomic E-state index is 10.8. The standard InChI is InChI=1S/C15H13ClO4/c1-10(15(17)18)19-13-4-2-3-5-14(13)20-12-8-6-11(16)7-9-12/h2-10H,1H3,(H,17,18). The van der Waals surface area contributed by atoms with Gasteiger partial charge in [-0.25, -0.2) is 4.79 Å². The molecule has 0 spiro atoms. The first-order chi connectivity index (χ1) is 9.56. The van der Waals surface area contributed by atoms with E-state index in [-0.39, 0.29) is 0 Å². The Labute approximate surface area is 121 Å². The zero-order valence-corrected chi connectivity index (χ0v) is 11.5. The molecule has 0 radical (unpaired) electrons. The number of ether oxygens (including phenoxy) is 2. The Morgan fingerprint density at radius 1 is 1.10 bits per heavy atom. The molecular formula is C15H13ClO4. The number of rotatable bonds is 5. The Hall–Kier alpha value is -2.20. The molecule has 0 saturated carbocycles. The Morgan fingerprint density at radius 2 is 1.70 bits per heavy atom. The van der Waals surface area contributed by atoms with Crippen molar-refractivity contribution in [2.24, 2.45) is 0 Å². The minimum absolute atomic E-state index is 0.373. The molecule has 0 aliphatic rings. The van der Waals surface area contributed by atoms with E-state index in [9.17, 15) is 4.79 Å². The van der Waals surface area contributed by atoms with Gasteiger partial charge in [0.1, 0.15) is 5.75 Å². The molecule has 20 heavy (non-hydrogen) atoms. The van der Waals surface area contributed by atoms with Crippen molar-refractivity contribution in [1.82, 2.24) is 0 Å². The fraction of sp³-hybridized carbons (Fsp3) is 0.133. The molecule has 104 valence electrons. The maximum absolute atomic E-state index is 10.8. The van der Waals surface area contributed by atoms with Crippen LogP contribution in [0.5, 0.6) is 17.2 Å². The highest BCUT2D eigenvalue weighted by atomic mass is 35.5. The summed E-state index contributed by atoms with van der Waals surface area (Å²) in [7, 11) is 0. The van der Waals surface area contributed by atoms with E-state index in [0.29, 0.717) is 22.3 Å². The first kappa shape index (κ1) is 14.2. The second-order valence-electron chi connectivity index (χ2n) is 4.10. The number of halogens is 1. The molecule has 0 heterocycles. The number of carboxylic acids is 1. The van der Waals surface area contributed by atoms with E-state index in [1.165, 1.54) is 6.92 Å². The van der Waals surface area contributed by atoms with E-state index in [1.807, 2.05) is 0 Å². The Kier molecular flexibility index (Phi) is 4.48. The molecule has 1 unspecified atom stereocenters. The summed E-state index contributed by atoms with van der Waals surface area (Å²) in [5.74, 6) is 0.375. The van der Waals surface area contributed by atoms with Crippen LogP contribution in [0, 0.1) is 0 Å². The normalized spacial score (nSPS) is 11.7. The van der Waals surface area contributed by atoms with Crippen LogP contribution < -0.4 is 9.47 Å². The van der Waals surface area contributed by atoms with Crippen LogP contribution in [0.25, 0.3) is 0 Å². The molecular weight excluding hydrogens is 280 g/mol. The summed E-state index contributed by atoms with van der Waals surface area (Å²) in [5, 5.41) is 9.49. The number of aliphatic carboxylic acids is 1. The van der Waals surface area contributed by atoms with Gasteiger partial charge in [-0.3, -0.25) is 0 Å². The van der Waals surface area contributed by atoms with Crippen molar-refractivity contribution in [2.75, 3.05) is 0 Å². The first-order valence-corrected chi connectivity index (χ1v) is 6.36. The molecule has 0 fully saturated rings. The average molecular weight is 293 g/mol. The lowest BCUT2D eigenvalue weighted by Crippen LogP contribution is -2.23. The van der Waals surface area contributed by atoms with E-state index in [4.69, 9.17) is 26.2 Å². The van der Waals surface area contributed by atoms with Crippen LogP contribution in [0.1, 0.15) is 6.92 Å². The van der Waals surface area contributed by atoms with E-state index in [2.05, 4.69) is 0 Å². The number of hydrogen-bond acceptors (Lipinski definition) is 3. The lowest BCUT2D eigenvalue weighted by molar-refractivity contribution is -0.144. The van der Waals surface area contributed by atoms with Crippen molar-refractivity contribution < 1.29 is 19.4 Å². The smallest absolute Gasteiger partial charge is 0.344 e. The van der Waals surface area contributed by atoms with E-state index in [0.717, 1.165) is 0 Å². The van der Waals surface area contributed by atoms with Gasteiger partial charge in [0.05, 0.1) is 0 Å². The predicted octanol–water partition coefficient (Wildman–Crippen LogP) is 3.98. The number of carbonyl (C=O) groups is 1. The quantitative estimate of drug-likeness (QED) is 0.905. The molecule has 4 nitrogen and oxygen atoms in total. The minimum Gasteiger partial charge on any atom is -0.479 e. The second-order valence-corrected chi connectivity index (χ2v) is 4.54. The largest absolute Gasteiger partial charge is 0.479 e. The summed E-state index contributed by atoms with van der Waals surface area (Å²) >= 11 is 5.80. The minimum atomic E-state index is -1.04. The third kappa shape index (κ3) is 3.65. The first-order valence-electron chi connectivity index (χ1n) is 5.98. The Morgan fingerprint density at radius 3 is 2.30 bits per heavy atom. The summed E-state index contributed by atoms with van der Waals surface area (Å²) in [6.07, 6.45) is -0.954. The van der Waals surface area contributed by atoms with Crippen LogP contribution in [0.3, 0.4) is 0 Å². The van der Waals surface area contributed by atoms with Crippen LogP contribution in [0.2, 0.25) is 5.02 Å². The molecule has 0 aromatic heterocycles. The van der Waals surface area contributed by atoms with Crippen LogP contribution in [0.15, 0.2) is 48.5 Å². The van der Waals surface area contributed by atoms with Gasteiger partial charge >= 0.3 is 5.97 Å². The van der Waals surface area contributed by atoms with Crippen molar-refractivity contribution in [1.29, 1.82) is 0 Å². The lowest BCUT2D eigenvalue weighted by atomic mass is 10.3. The van der Waals surface area contributed by atoms with Gasteiger partial charge in [-0.15, -0.1) is 0 Å². The third-order valence-electron chi connectivity index (χ3n) is 2.54. The van der Waals surface area contributed by atoms with Gasteiger partial charge in [-0.2, -0.15) is 0 Å². The highest BCUT2D eigenvalue weighted by Crippen LogP contribution is 2.32. The van der Waals surface area contributed by atoms with Gasteiger partial charge in [0.25, 0.3) is 0 Å². The van der Waals surface area contributed by atoms with Gasteiger partial charge in [-0.1, -0.05) is 23.7 Å². The molecule has 0 amide bonds. The summed E-state index contributed by atoms with van der Waals surface area (Å²) in [4.78, 5) is 10.8. The maximum Gasteiger partial charge on any atom is 0.344 e. The summed E-state index contributed by atoms with van der Waals surface area (Å²) in [6.45, 7) is 1.46. The molecule has 0 bridgehead atoms. The highest BCUT2D eigenvalue weighted by molar-refractivity contribution is 6.30. The Balaban J connectivity index is 2.19. The topological polar surface area (TPSA) is 55.8 Å². The summed E-state index contributed by atoms with van der Waals surface area (Å²) < 4.78 is 11.0. The van der Waals surface area contributed by atoms with Crippen molar-refractivity contribution in [3.63, 3.8) is 0 Å². The van der Waals surface area contributed by atoms with Gasteiger partial charge in [0, 0.05) is 5.02 Å². The number of hydrogen-bond donors (Lipinski definition) is 1. The van der Waals surface area contributed by atoms with E-state index >= 15 is 0 Å². The van der Waals surface area contributed by atoms with E-state index in [1.54, 1.807) is 48.5 Å². The zero-order valence-electron chi connectivity index (χ0n) is 10.7. The second kappa shape index (κ2) is 6.30. The van der Waals surface area contributed by atoms with Crippen LogP contribution in [0.4, 0.5) is 0 Å². The molecule has 2 aromatic rings. The van der Waals surface area contributed by atoms with Gasteiger partial charge in [0.2, 0.25) is 0 Å². The summed E-state index contributed by atoms with van der Waals surface area (Å²) in [6, 6.07) is 13.8. The fourth-order valence-electron chi connectivity index (χ4n) is 1.50. The predicted molar refractivity (Wildman–Crippen MR) is 75.7 cm³/mol. The Bertz CT molecular complexity index is 595. The van der Waals surface area contributed by atoms with E-state index < -0.39 is 12.1 Å². The average Bonchev–Trinajstić information content (AvgIpc) is 2.43.